The Labute approximate surface area is 112 Å². The lowest BCUT2D eigenvalue weighted by atomic mass is 10.2. The van der Waals surface area contributed by atoms with Gasteiger partial charge in [-0.2, -0.15) is 0 Å². The van der Waals surface area contributed by atoms with Gasteiger partial charge in [-0.05, 0) is 18.4 Å². The Kier molecular flexibility index (Phi) is 7.69. The highest BCUT2D eigenvalue weighted by atomic mass is 79.9. The number of rotatable bonds is 8. The maximum Gasteiger partial charge on any atom is 0.0717 e. The van der Waals surface area contributed by atoms with Crippen molar-refractivity contribution in [2.45, 2.75) is 19.4 Å². The van der Waals surface area contributed by atoms with Gasteiger partial charge < -0.3 is 4.74 Å². The highest BCUT2D eigenvalue weighted by Crippen LogP contribution is 2.05. The van der Waals surface area contributed by atoms with Crippen LogP contribution in [0.1, 0.15) is 18.4 Å². The van der Waals surface area contributed by atoms with Crippen LogP contribution in [0.5, 0.6) is 0 Å². The van der Waals surface area contributed by atoms with E-state index >= 15 is 0 Å². The Morgan fingerprint density at radius 2 is 2.06 bits per heavy atom. The van der Waals surface area contributed by atoms with E-state index in [9.17, 15) is 0 Å². The lowest BCUT2D eigenvalue weighted by Crippen LogP contribution is -1.95. The van der Waals surface area contributed by atoms with Crippen molar-refractivity contribution in [2.75, 3.05) is 11.9 Å². The molecule has 0 fully saturated rings. The van der Waals surface area contributed by atoms with E-state index in [1.54, 1.807) is 0 Å². The molecule has 0 atom stereocenters. The van der Waals surface area contributed by atoms with Crippen molar-refractivity contribution in [1.82, 2.24) is 0 Å². The Morgan fingerprint density at radius 3 is 2.76 bits per heavy atom. The standard InChI is InChI=1S/C15H19BrO/c1-14(7-5-6-11-16)10-12-17-13-15-8-3-2-4-9-15/h2-5,7-9H,1,6,10-13H2/b7-5-. The van der Waals surface area contributed by atoms with Gasteiger partial charge >= 0.3 is 0 Å². The first-order chi connectivity index (χ1) is 8.33. The molecule has 1 nitrogen and oxygen atoms in total. The molecule has 1 aromatic rings. The first-order valence-electron chi connectivity index (χ1n) is 5.85. The topological polar surface area (TPSA) is 9.23 Å². The van der Waals surface area contributed by atoms with Gasteiger partial charge in [-0.25, -0.2) is 0 Å². The van der Waals surface area contributed by atoms with Crippen molar-refractivity contribution < 1.29 is 4.74 Å². The molecule has 2 heteroatoms. The minimum atomic E-state index is 0.680. The van der Waals surface area contributed by atoms with E-state index < -0.39 is 0 Å². The molecule has 1 aromatic carbocycles. The quantitative estimate of drug-likeness (QED) is 0.390. The molecule has 92 valence electrons. The van der Waals surface area contributed by atoms with E-state index in [0.29, 0.717) is 6.61 Å². The number of allylic oxidation sites excluding steroid dienone is 2. The summed E-state index contributed by atoms with van der Waals surface area (Å²) in [7, 11) is 0. The number of hydrogen-bond acceptors (Lipinski definition) is 1. The first kappa shape index (κ1) is 14.2. The summed E-state index contributed by atoms with van der Waals surface area (Å²) in [5, 5.41) is 1.00. The molecule has 0 bridgehead atoms. The Hall–Kier alpha value is -0.860. The zero-order chi connectivity index (χ0) is 12.3. The molecule has 0 heterocycles. The van der Waals surface area contributed by atoms with Crippen molar-refractivity contribution in [3.63, 3.8) is 0 Å². The van der Waals surface area contributed by atoms with Crippen LogP contribution in [0.25, 0.3) is 0 Å². The molecule has 0 N–H and O–H groups in total. The minimum Gasteiger partial charge on any atom is -0.376 e. The van der Waals surface area contributed by atoms with E-state index in [-0.39, 0.29) is 0 Å². The third-order valence-corrected chi connectivity index (χ3v) is 2.77. The smallest absolute Gasteiger partial charge is 0.0717 e. The molecule has 0 aromatic heterocycles. The molecule has 0 spiro atoms. The molecule has 17 heavy (non-hydrogen) atoms. The van der Waals surface area contributed by atoms with Gasteiger partial charge in [0.25, 0.3) is 0 Å². The van der Waals surface area contributed by atoms with Crippen LogP contribution >= 0.6 is 15.9 Å². The van der Waals surface area contributed by atoms with Crippen LogP contribution in [0.2, 0.25) is 0 Å². The molecule has 0 unspecified atom stereocenters. The van der Waals surface area contributed by atoms with Crippen LogP contribution < -0.4 is 0 Å². The Bertz CT molecular complexity index is 343. The van der Waals surface area contributed by atoms with Crippen molar-refractivity contribution >= 4 is 15.9 Å². The largest absolute Gasteiger partial charge is 0.376 e. The predicted octanol–water partition coefficient (Wildman–Crippen LogP) is 4.49. The fraction of sp³-hybridized carbons (Fsp3) is 0.333. The van der Waals surface area contributed by atoms with E-state index in [1.165, 1.54) is 5.56 Å². The lowest BCUT2D eigenvalue weighted by Gasteiger charge is -2.04. The summed E-state index contributed by atoms with van der Waals surface area (Å²) in [5.41, 5.74) is 2.34. The van der Waals surface area contributed by atoms with Gasteiger partial charge in [0.15, 0.2) is 0 Å². The SMILES string of the molecule is C=C(/C=C\CCBr)CCOCc1ccccc1. The molecule has 0 saturated heterocycles. The molecule has 1 rings (SSSR count). The Balaban J connectivity index is 2.10. The zero-order valence-corrected chi connectivity index (χ0v) is 11.7. The van der Waals surface area contributed by atoms with E-state index in [2.05, 4.69) is 46.8 Å². The fourth-order valence-electron chi connectivity index (χ4n) is 1.36. The maximum absolute atomic E-state index is 5.59. The number of alkyl halides is 1. The minimum absolute atomic E-state index is 0.680. The van der Waals surface area contributed by atoms with E-state index in [1.807, 2.05) is 18.2 Å². The van der Waals surface area contributed by atoms with Gasteiger partial charge in [0.2, 0.25) is 0 Å². The summed E-state index contributed by atoms with van der Waals surface area (Å²) < 4.78 is 5.59. The molecular weight excluding hydrogens is 276 g/mol. The maximum atomic E-state index is 5.59. The average Bonchev–Trinajstić information content (AvgIpc) is 2.36. The number of ether oxygens (including phenoxy) is 1. The van der Waals surface area contributed by atoms with Crippen molar-refractivity contribution in [3.05, 3.63) is 60.2 Å². The highest BCUT2D eigenvalue weighted by Gasteiger charge is 1.93. The van der Waals surface area contributed by atoms with E-state index in [0.717, 1.165) is 30.4 Å². The van der Waals surface area contributed by atoms with Crippen LogP contribution in [-0.4, -0.2) is 11.9 Å². The summed E-state index contributed by atoms with van der Waals surface area (Å²) in [6.07, 6.45) is 6.15. The van der Waals surface area contributed by atoms with Gasteiger partial charge in [0, 0.05) is 5.33 Å². The molecule has 0 aliphatic rings. The third kappa shape index (κ3) is 7.14. The van der Waals surface area contributed by atoms with Gasteiger partial charge in [0.1, 0.15) is 0 Å². The molecule has 0 saturated carbocycles. The summed E-state index contributed by atoms with van der Waals surface area (Å²) in [6, 6.07) is 10.2. The normalized spacial score (nSPS) is 10.9. The Morgan fingerprint density at radius 1 is 1.29 bits per heavy atom. The lowest BCUT2D eigenvalue weighted by molar-refractivity contribution is 0.124. The fourth-order valence-corrected chi connectivity index (χ4v) is 1.63. The van der Waals surface area contributed by atoms with Crippen LogP contribution in [-0.2, 0) is 11.3 Å². The second kappa shape index (κ2) is 9.20. The zero-order valence-electron chi connectivity index (χ0n) is 10.1. The number of hydrogen-bond donors (Lipinski definition) is 0. The number of benzene rings is 1. The summed E-state index contributed by atoms with van der Waals surface area (Å²) in [4.78, 5) is 0. The summed E-state index contributed by atoms with van der Waals surface area (Å²) in [5.74, 6) is 0. The summed E-state index contributed by atoms with van der Waals surface area (Å²) >= 11 is 3.38. The second-order valence-corrected chi connectivity index (χ2v) is 4.62. The van der Waals surface area contributed by atoms with Crippen molar-refractivity contribution in [1.29, 1.82) is 0 Å². The summed E-state index contributed by atoms with van der Waals surface area (Å²) in [6.45, 7) is 5.40. The first-order valence-corrected chi connectivity index (χ1v) is 6.97. The molecule has 0 aliphatic heterocycles. The second-order valence-electron chi connectivity index (χ2n) is 3.83. The monoisotopic (exact) mass is 294 g/mol. The highest BCUT2D eigenvalue weighted by molar-refractivity contribution is 9.09. The van der Waals surface area contributed by atoms with Crippen LogP contribution in [0.15, 0.2) is 54.6 Å². The number of halogens is 1. The van der Waals surface area contributed by atoms with Crippen LogP contribution in [0.4, 0.5) is 0 Å². The van der Waals surface area contributed by atoms with Crippen LogP contribution in [0.3, 0.4) is 0 Å². The van der Waals surface area contributed by atoms with Gasteiger partial charge in [-0.15, -0.1) is 0 Å². The van der Waals surface area contributed by atoms with Crippen LogP contribution in [0, 0.1) is 0 Å². The molecular formula is C15H19BrO. The van der Waals surface area contributed by atoms with Gasteiger partial charge in [-0.1, -0.05) is 70.6 Å². The van der Waals surface area contributed by atoms with Crippen molar-refractivity contribution in [3.8, 4) is 0 Å². The molecule has 0 amide bonds. The average molecular weight is 295 g/mol. The molecule has 0 aliphatic carbocycles. The predicted molar refractivity (Wildman–Crippen MR) is 77.4 cm³/mol. The van der Waals surface area contributed by atoms with E-state index in [4.69, 9.17) is 4.74 Å². The van der Waals surface area contributed by atoms with Gasteiger partial charge in [-0.3, -0.25) is 0 Å². The molecule has 0 radical (unpaired) electrons. The van der Waals surface area contributed by atoms with Crippen molar-refractivity contribution in [2.24, 2.45) is 0 Å². The van der Waals surface area contributed by atoms with Gasteiger partial charge in [0.05, 0.1) is 13.2 Å². The third-order valence-electron chi connectivity index (χ3n) is 2.31.